The Hall–Kier alpha value is -2.86. The Labute approximate surface area is 191 Å². The Kier molecular flexibility index (Phi) is 7.64. The third kappa shape index (κ3) is 5.56. The molecule has 0 spiro atoms. The largest absolute Gasteiger partial charge is 0.460 e. The van der Waals surface area contributed by atoms with Gasteiger partial charge in [0.15, 0.2) is 0 Å². The van der Waals surface area contributed by atoms with E-state index in [4.69, 9.17) is 23.2 Å². The molecule has 5 nitrogen and oxygen atoms in total. The number of nitrogens with one attached hydrogen (secondary N) is 2. The van der Waals surface area contributed by atoms with Crippen LogP contribution in [0.4, 0.5) is 36.4 Å². The smallest absolute Gasteiger partial charge is 0.321 e. The Balaban J connectivity index is 2.19. The topological polar surface area (TPSA) is 70.6 Å². The van der Waals surface area contributed by atoms with Crippen LogP contribution in [0, 0.1) is 0 Å². The molecule has 0 aliphatic carbocycles. The van der Waals surface area contributed by atoms with Crippen LogP contribution in [0.5, 0.6) is 0 Å². The molecule has 14 heteroatoms. The lowest BCUT2D eigenvalue weighted by Gasteiger charge is -2.27. The van der Waals surface area contributed by atoms with Crippen LogP contribution in [0.15, 0.2) is 47.6 Å². The van der Waals surface area contributed by atoms with E-state index in [1.807, 2.05) is 0 Å². The highest BCUT2D eigenvalue weighted by molar-refractivity contribution is 6.43. The summed E-state index contributed by atoms with van der Waals surface area (Å²) in [6, 6.07) is 8.74. The molecule has 33 heavy (non-hydrogen) atoms. The molecule has 2 aromatic rings. The number of alkyl halides is 7. The monoisotopic (exact) mass is 517 g/mol. The summed E-state index contributed by atoms with van der Waals surface area (Å²) in [6.07, 6.45) is -6.65. The van der Waals surface area contributed by atoms with Crippen LogP contribution < -0.4 is 10.7 Å². The first kappa shape index (κ1) is 26.4. The fraction of sp³-hybridized carbons (Fsp3) is 0.211. The summed E-state index contributed by atoms with van der Waals surface area (Å²) in [5.41, 5.74) is 1.80. The zero-order valence-corrected chi connectivity index (χ0v) is 17.7. The molecule has 2 rings (SSSR count). The standard InChI is InChI=1S/C19H12Cl2F7N3O2/c1-9(30-31-15(32)12-6-3-7-13(20)14(12)21)10-4-2-5-11(8-10)29-16(33)17(22,23)18(24,25)19(26,27)28/h2-8H,1H3,(H,29,33)(H,31,32)/b30-9-. The van der Waals surface area contributed by atoms with Gasteiger partial charge in [-0.15, -0.1) is 0 Å². The summed E-state index contributed by atoms with van der Waals surface area (Å²) in [5.74, 6) is -16.3. The van der Waals surface area contributed by atoms with Crippen molar-refractivity contribution < 1.29 is 40.3 Å². The summed E-state index contributed by atoms with van der Waals surface area (Å²) >= 11 is 11.7. The summed E-state index contributed by atoms with van der Waals surface area (Å²) in [5, 5.41) is 5.16. The van der Waals surface area contributed by atoms with Crippen LogP contribution in [0.1, 0.15) is 22.8 Å². The number of carbonyl (C=O) groups excluding carboxylic acids is 2. The maximum Gasteiger partial charge on any atom is 0.460 e. The number of halogens is 9. The van der Waals surface area contributed by atoms with Gasteiger partial charge in [0, 0.05) is 5.69 Å². The number of hydrazone groups is 1. The van der Waals surface area contributed by atoms with Crippen molar-refractivity contribution >= 4 is 46.4 Å². The summed E-state index contributed by atoms with van der Waals surface area (Å²) in [7, 11) is 0. The van der Waals surface area contributed by atoms with Gasteiger partial charge in [-0.25, -0.2) is 5.43 Å². The molecule has 2 aromatic carbocycles. The van der Waals surface area contributed by atoms with Crippen molar-refractivity contribution in [1.29, 1.82) is 0 Å². The van der Waals surface area contributed by atoms with Crippen molar-refractivity contribution in [2.45, 2.75) is 24.9 Å². The highest BCUT2D eigenvalue weighted by atomic mass is 35.5. The lowest BCUT2D eigenvalue weighted by molar-refractivity contribution is -0.343. The van der Waals surface area contributed by atoms with Gasteiger partial charge in [-0.2, -0.15) is 35.8 Å². The first-order valence-corrected chi connectivity index (χ1v) is 9.38. The number of amides is 2. The minimum absolute atomic E-state index is 0.00504. The van der Waals surface area contributed by atoms with Crippen LogP contribution in [0.2, 0.25) is 10.0 Å². The zero-order chi connectivity index (χ0) is 25.2. The van der Waals surface area contributed by atoms with Crippen molar-refractivity contribution in [3.05, 3.63) is 63.6 Å². The molecule has 0 fully saturated rings. The number of hydrogen-bond acceptors (Lipinski definition) is 3. The van der Waals surface area contributed by atoms with Gasteiger partial charge in [-0.1, -0.05) is 41.4 Å². The molecule has 0 atom stereocenters. The third-order valence-electron chi connectivity index (χ3n) is 4.10. The molecule has 178 valence electrons. The number of benzene rings is 2. The molecule has 0 aliphatic heterocycles. The molecule has 0 unspecified atom stereocenters. The average Bonchev–Trinajstić information content (AvgIpc) is 2.72. The van der Waals surface area contributed by atoms with E-state index >= 15 is 0 Å². The quantitative estimate of drug-likeness (QED) is 0.283. The Morgan fingerprint density at radius 2 is 1.55 bits per heavy atom. The van der Waals surface area contributed by atoms with Gasteiger partial charge in [0.2, 0.25) is 0 Å². The van der Waals surface area contributed by atoms with E-state index in [1.165, 1.54) is 42.6 Å². The van der Waals surface area contributed by atoms with Gasteiger partial charge in [0.1, 0.15) is 0 Å². The van der Waals surface area contributed by atoms with Crippen LogP contribution >= 0.6 is 23.2 Å². The van der Waals surface area contributed by atoms with Gasteiger partial charge in [-0.05, 0) is 36.8 Å². The van der Waals surface area contributed by atoms with E-state index in [2.05, 4.69) is 10.5 Å². The number of carbonyl (C=O) groups is 2. The predicted octanol–water partition coefficient (Wildman–Crippen LogP) is 5.92. The van der Waals surface area contributed by atoms with Crippen molar-refractivity contribution in [3.63, 3.8) is 0 Å². The fourth-order valence-electron chi connectivity index (χ4n) is 2.29. The number of hydrogen-bond donors (Lipinski definition) is 2. The fourth-order valence-corrected chi connectivity index (χ4v) is 2.68. The second kappa shape index (κ2) is 9.56. The van der Waals surface area contributed by atoms with Crippen LogP contribution in [0.25, 0.3) is 0 Å². The van der Waals surface area contributed by atoms with Crippen molar-refractivity contribution in [3.8, 4) is 0 Å². The van der Waals surface area contributed by atoms with Gasteiger partial charge in [-0.3, -0.25) is 9.59 Å². The minimum atomic E-state index is -6.65. The van der Waals surface area contributed by atoms with Gasteiger partial charge in [0.25, 0.3) is 5.91 Å². The summed E-state index contributed by atoms with van der Waals surface area (Å²) in [6.45, 7) is 1.35. The molecule has 0 heterocycles. The molecular formula is C19H12Cl2F7N3O2. The average molecular weight is 518 g/mol. The molecule has 0 aromatic heterocycles. The molecule has 2 amide bonds. The Bertz CT molecular complexity index is 1110. The Morgan fingerprint density at radius 1 is 0.939 bits per heavy atom. The molecule has 0 saturated heterocycles. The van der Waals surface area contributed by atoms with Gasteiger partial charge >= 0.3 is 23.9 Å². The summed E-state index contributed by atoms with van der Waals surface area (Å²) in [4.78, 5) is 23.7. The number of nitrogens with zero attached hydrogens (tertiary/aromatic N) is 1. The summed E-state index contributed by atoms with van der Waals surface area (Å²) < 4.78 is 89.8. The molecule has 0 aliphatic rings. The van der Waals surface area contributed by atoms with Gasteiger partial charge in [0.05, 0.1) is 21.3 Å². The molecule has 0 bridgehead atoms. The zero-order valence-electron chi connectivity index (χ0n) is 16.2. The molecule has 0 radical (unpaired) electrons. The lowest BCUT2D eigenvalue weighted by Crippen LogP contribution is -2.57. The van der Waals surface area contributed by atoms with Crippen LogP contribution in [0.3, 0.4) is 0 Å². The number of rotatable bonds is 6. The second-order valence-corrected chi connectivity index (χ2v) is 7.21. The van der Waals surface area contributed by atoms with Crippen molar-refractivity contribution in [2.24, 2.45) is 5.10 Å². The normalized spacial score (nSPS) is 13.0. The van der Waals surface area contributed by atoms with Crippen LogP contribution in [-0.2, 0) is 4.79 Å². The highest BCUT2D eigenvalue weighted by Crippen LogP contribution is 2.46. The van der Waals surface area contributed by atoms with Crippen molar-refractivity contribution in [2.75, 3.05) is 5.32 Å². The van der Waals surface area contributed by atoms with E-state index in [0.29, 0.717) is 0 Å². The van der Waals surface area contributed by atoms with E-state index < -0.39 is 35.5 Å². The molecular weight excluding hydrogens is 506 g/mol. The molecule has 2 N–H and O–H groups in total. The van der Waals surface area contributed by atoms with E-state index in [-0.39, 0.29) is 26.9 Å². The van der Waals surface area contributed by atoms with E-state index in [0.717, 1.165) is 12.1 Å². The van der Waals surface area contributed by atoms with E-state index in [1.54, 1.807) is 0 Å². The first-order chi connectivity index (χ1) is 15.1. The molecule has 0 saturated carbocycles. The maximum atomic E-state index is 13.5. The SMILES string of the molecule is C/C(=N/NC(=O)c1cccc(Cl)c1Cl)c1cccc(NC(=O)C(F)(F)C(F)(F)C(F)(F)F)c1. The first-order valence-electron chi connectivity index (χ1n) is 8.62. The third-order valence-corrected chi connectivity index (χ3v) is 4.91. The van der Waals surface area contributed by atoms with E-state index in [9.17, 15) is 40.3 Å². The predicted molar refractivity (Wildman–Crippen MR) is 107 cm³/mol. The second-order valence-electron chi connectivity index (χ2n) is 6.42. The van der Waals surface area contributed by atoms with Crippen molar-refractivity contribution in [1.82, 2.24) is 5.43 Å². The maximum absolute atomic E-state index is 13.5. The van der Waals surface area contributed by atoms with Crippen LogP contribution in [-0.4, -0.2) is 35.5 Å². The highest BCUT2D eigenvalue weighted by Gasteiger charge is 2.76. The lowest BCUT2D eigenvalue weighted by atomic mass is 10.1. The minimum Gasteiger partial charge on any atom is -0.321 e. The number of anilines is 1. The Morgan fingerprint density at radius 3 is 2.15 bits per heavy atom. The van der Waals surface area contributed by atoms with Gasteiger partial charge < -0.3 is 5.32 Å².